The number of hydrogen-bond donors (Lipinski definition) is 4. The van der Waals surface area contributed by atoms with E-state index in [1.54, 1.807) is 0 Å². The first kappa shape index (κ1) is 27.6. The second-order valence-electron chi connectivity index (χ2n) is 8.25. The Hall–Kier alpha value is -0.420. The molecule has 0 unspecified atom stereocenters. The lowest BCUT2D eigenvalue weighted by Crippen LogP contribution is -2.38. The van der Waals surface area contributed by atoms with E-state index in [1.165, 1.54) is 102 Å². The summed E-state index contributed by atoms with van der Waals surface area (Å²) in [7, 11) is 0. The Morgan fingerprint density at radius 2 is 1.00 bits per heavy atom. The molecule has 3 atom stereocenters. The number of aliphatic hydroxyl groups is 4. The van der Waals surface area contributed by atoms with Crippen molar-refractivity contribution in [2.24, 2.45) is 0 Å². The fourth-order valence-electron chi connectivity index (χ4n) is 3.50. The van der Waals surface area contributed by atoms with Crippen LogP contribution in [0.1, 0.15) is 116 Å². The molecule has 0 aromatic carbocycles. The fraction of sp³-hybridized carbons (Fsp3) is 0.917. The Kier molecular flexibility index (Phi) is 21.0. The van der Waals surface area contributed by atoms with Gasteiger partial charge in [0.1, 0.15) is 18.3 Å². The normalized spacial score (nSPS) is 15.2. The summed E-state index contributed by atoms with van der Waals surface area (Å²) in [6.07, 6.45) is 22.1. The van der Waals surface area contributed by atoms with Crippen LogP contribution in [0.25, 0.3) is 0 Å². The number of hydrogen-bond acceptors (Lipinski definition) is 4. The van der Waals surface area contributed by atoms with Gasteiger partial charge >= 0.3 is 0 Å². The first-order valence-corrected chi connectivity index (χ1v) is 11.9. The second-order valence-corrected chi connectivity index (χ2v) is 8.25. The molecule has 0 aromatic rings. The topological polar surface area (TPSA) is 80.9 Å². The van der Waals surface area contributed by atoms with Crippen molar-refractivity contribution in [3.8, 4) is 0 Å². The third kappa shape index (κ3) is 17.7. The lowest BCUT2D eigenvalue weighted by atomic mass is 10.0. The Balaban J connectivity index is 3.26. The van der Waals surface area contributed by atoms with Crippen molar-refractivity contribution < 1.29 is 20.4 Å². The van der Waals surface area contributed by atoms with Gasteiger partial charge in [0.2, 0.25) is 0 Å². The molecule has 0 aromatic heterocycles. The predicted octanol–water partition coefficient (Wildman–Crippen LogP) is 5.27. The maximum absolute atomic E-state index is 9.65. The number of aliphatic hydroxyl groups excluding tert-OH is 4. The summed E-state index contributed by atoms with van der Waals surface area (Å²) in [6, 6.07) is 0. The van der Waals surface area contributed by atoms with Crippen LogP contribution in [-0.4, -0.2) is 45.3 Å². The molecule has 28 heavy (non-hydrogen) atoms. The molecule has 0 spiro atoms. The summed E-state index contributed by atoms with van der Waals surface area (Å²) in [5, 5.41) is 37.2. The Morgan fingerprint density at radius 1 is 0.607 bits per heavy atom. The highest BCUT2D eigenvalue weighted by Gasteiger charge is 2.21. The predicted molar refractivity (Wildman–Crippen MR) is 118 cm³/mol. The van der Waals surface area contributed by atoms with Crippen LogP contribution < -0.4 is 0 Å². The van der Waals surface area contributed by atoms with Crippen molar-refractivity contribution in [1.82, 2.24) is 0 Å². The smallest absolute Gasteiger partial charge is 0.112 e. The number of unbranched alkanes of at least 4 members (excludes halogenated alkanes) is 16. The van der Waals surface area contributed by atoms with Gasteiger partial charge in [0.05, 0.1) is 6.61 Å². The largest absolute Gasteiger partial charge is 0.394 e. The standard InChI is InChI=1S/C24H48O4/c1-2-3-4-5-6-7-8-9-10-11-12-13-14-15-16-17-18-19-20-22(26)24(28)23(27)21-25/h19-20,22-28H,2-18,21H2,1H3/b20-19-/t22-,23+,24-/m0/s1. The van der Waals surface area contributed by atoms with Crippen molar-refractivity contribution in [2.45, 2.75) is 134 Å². The molecule has 0 saturated carbocycles. The molecule has 0 amide bonds. The molecule has 0 heterocycles. The molecule has 4 nitrogen and oxygen atoms in total. The van der Waals surface area contributed by atoms with Gasteiger partial charge in [0.25, 0.3) is 0 Å². The minimum absolute atomic E-state index is 0.550. The van der Waals surface area contributed by atoms with Crippen LogP contribution in [0.4, 0.5) is 0 Å². The van der Waals surface area contributed by atoms with E-state index in [0.717, 1.165) is 12.8 Å². The van der Waals surface area contributed by atoms with Gasteiger partial charge < -0.3 is 20.4 Å². The van der Waals surface area contributed by atoms with E-state index >= 15 is 0 Å². The van der Waals surface area contributed by atoms with E-state index in [2.05, 4.69) is 6.92 Å². The molecule has 4 N–H and O–H groups in total. The third-order valence-electron chi connectivity index (χ3n) is 5.49. The van der Waals surface area contributed by atoms with Gasteiger partial charge in [0.15, 0.2) is 0 Å². The van der Waals surface area contributed by atoms with E-state index in [-0.39, 0.29) is 0 Å². The molecule has 0 aliphatic carbocycles. The Labute approximate surface area is 174 Å². The molecule has 0 saturated heterocycles. The molecule has 0 fully saturated rings. The summed E-state index contributed by atoms with van der Waals surface area (Å²) >= 11 is 0. The maximum atomic E-state index is 9.65. The van der Waals surface area contributed by atoms with Gasteiger partial charge in [-0.15, -0.1) is 0 Å². The van der Waals surface area contributed by atoms with Crippen molar-refractivity contribution in [3.63, 3.8) is 0 Å². The van der Waals surface area contributed by atoms with Crippen molar-refractivity contribution >= 4 is 0 Å². The summed E-state index contributed by atoms with van der Waals surface area (Å²) in [6.45, 7) is 1.72. The summed E-state index contributed by atoms with van der Waals surface area (Å²) in [4.78, 5) is 0. The van der Waals surface area contributed by atoms with Crippen LogP contribution in [0.3, 0.4) is 0 Å². The fourth-order valence-corrected chi connectivity index (χ4v) is 3.50. The maximum Gasteiger partial charge on any atom is 0.112 e. The summed E-state index contributed by atoms with van der Waals surface area (Å²) in [5.74, 6) is 0. The van der Waals surface area contributed by atoms with Crippen molar-refractivity contribution in [3.05, 3.63) is 12.2 Å². The quantitative estimate of drug-likeness (QED) is 0.156. The van der Waals surface area contributed by atoms with E-state index in [9.17, 15) is 15.3 Å². The molecule has 4 heteroatoms. The molecule has 0 radical (unpaired) electrons. The highest BCUT2D eigenvalue weighted by atomic mass is 16.4. The highest BCUT2D eigenvalue weighted by molar-refractivity contribution is 4.94. The average Bonchev–Trinajstić information content (AvgIpc) is 2.71. The van der Waals surface area contributed by atoms with E-state index in [4.69, 9.17) is 5.11 Å². The van der Waals surface area contributed by atoms with Gasteiger partial charge in [-0.3, -0.25) is 0 Å². The van der Waals surface area contributed by atoms with Crippen LogP contribution >= 0.6 is 0 Å². The van der Waals surface area contributed by atoms with Gasteiger partial charge in [-0.25, -0.2) is 0 Å². The highest BCUT2D eigenvalue weighted by Crippen LogP contribution is 2.14. The minimum atomic E-state index is -1.33. The molecular weight excluding hydrogens is 352 g/mol. The lowest BCUT2D eigenvalue weighted by Gasteiger charge is -2.18. The zero-order valence-electron chi connectivity index (χ0n) is 18.4. The monoisotopic (exact) mass is 400 g/mol. The first-order valence-electron chi connectivity index (χ1n) is 11.9. The molecule has 0 bridgehead atoms. The van der Waals surface area contributed by atoms with Gasteiger partial charge in [0, 0.05) is 0 Å². The van der Waals surface area contributed by atoms with Gasteiger partial charge in [-0.2, -0.15) is 0 Å². The first-order chi connectivity index (χ1) is 13.6. The Morgan fingerprint density at radius 3 is 1.39 bits per heavy atom. The van der Waals surface area contributed by atoms with Crippen molar-refractivity contribution in [1.29, 1.82) is 0 Å². The van der Waals surface area contributed by atoms with E-state index in [1.807, 2.05) is 6.08 Å². The number of allylic oxidation sites excluding steroid dienone is 1. The molecule has 168 valence electrons. The summed E-state index contributed by atoms with van der Waals surface area (Å²) in [5.41, 5.74) is 0. The molecular formula is C24H48O4. The van der Waals surface area contributed by atoms with Crippen LogP contribution in [0.2, 0.25) is 0 Å². The van der Waals surface area contributed by atoms with E-state index in [0.29, 0.717) is 0 Å². The van der Waals surface area contributed by atoms with Crippen LogP contribution in [-0.2, 0) is 0 Å². The van der Waals surface area contributed by atoms with Gasteiger partial charge in [-0.1, -0.05) is 115 Å². The van der Waals surface area contributed by atoms with Crippen molar-refractivity contribution in [2.75, 3.05) is 6.61 Å². The average molecular weight is 401 g/mol. The lowest BCUT2D eigenvalue weighted by molar-refractivity contribution is -0.0611. The minimum Gasteiger partial charge on any atom is -0.394 e. The van der Waals surface area contributed by atoms with E-state index < -0.39 is 24.9 Å². The summed E-state index contributed by atoms with van der Waals surface area (Å²) < 4.78 is 0. The molecule has 0 aliphatic rings. The van der Waals surface area contributed by atoms with Gasteiger partial charge in [-0.05, 0) is 12.8 Å². The zero-order chi connectivity index (χ0) is 20.9. The Bertz CT molecular complexity index is 333. The zero-order valence-corrected chi connectivity index (χ0v) is 18.4. The number of rotatable bonds is 21. The van der Waals surface area contributed by atoms with Crippen LogP contribution in [0.15, 0.2) is 12.2 Å². The van der Waals surface area contributed by atoms with Crippen LogP contribution in [0.5, 0.6) is 0 Å². The molecule has 0 rings (SSSR count). The molecule has 0 aliphatic heterocycles. The SMILES string of the molecule is CCCCCCCCCCCCCCCCCC/C=C\[C@H](O)[C@H](O)[C@H](O)CO. The second kappa shape index (κ2) is 21.3. The van der Waals surface area contributed by atoms with Crippen LogP contribution in [0, 0.1) is 0 Å². The third-order valence-corrected chi connectivity index (χ3v) is 5.49.